The van der Waals surface area contributed by atoms with Gasteiger partial charge in [0.15, 0.2) is 0 Å². The minimum Gasteiger partial charge on any atom is -0.350 e. The van der Waals surface area contributed by atoms with Crippen LogP contribution in [0.5, 0.6) is 0 Å². The molecule has 0 aliphatic rings. The van der Waals surface area contributed by atoms with Crippen LogP contribution in [-0.4, -0.2) is 15.5 Å². The Morgan fingerprint density at radius 3 is 2.68 bits per heavy atom. The zero-order valence-electron chi connectivity index (χ0n) is 12.6. The van der Waals surface area contributed by atoms with Crippen molar-refractivity contribution in [3.63, 3.8) is 0 Å². The van der Waals surface area contributed by atoms with Gasteiger partial charge >= 0.3 is 0 Å². The summed E-state index contributed by atoms with van der Waals surface area (Å²) in [7, 11) is 0. The maximum Gasteiger partial charge on any atom is 0.222 e. The van der Waals surface area contributed by atoms with Crippen molar-refractivity contribution in [1.82, 2.24) is 14.9 Å². The zero-order chi connectivity index (χ0) is 15.4. The van der Waals surface area contributed by atoms with Crippen LogP contribution in [-0.2, 0) is 11.3 Å². The van der Waals surface area contributed by atoms with Gasteiger partial charge in [0, 0.05) is 13.0 Å². The van der Waals surface area contributed by atoms with Crippen molar-refractivity contribution in [3.8, 4) is 0 Å². The lowest BCUT2D eigenvalue weighted by Crippen LogP contribution is -2.27. The first-order valence-corrected chi connectivity index (χ1v) is 7.48. The highest BCUT2D eigenvalue weighted by Gasteiger charge is 2.10. The van der Waals surface area contributed by atoms with Gasteiger partial charge in [-0.1, -0.05) is 42.5 Å². The van der Waals surface area contributed by atoms with E-state index in [0.29, 0.717) is 13.0 Å². The normalized spacial score (nSPS) is 12.2. The summed E-state index contributed by atoms with van der Waals surface area (Å²) in [5.74, 6) is 0.0501. The third-order valence-electron chi connectivity index (χ3n) is 3.78. The monoisotopic (exact) mass is 293 g/mol. The molecule has 4 nitrogen and oxygen atoms in total. The third-order valence-corrected chi connectivity index (χ3v) is 3.78. The van der Waals surface area contributed by atoms with Gasteiger partial charge < -0.3 is 9.88 Å². The molecule has 3 aromatic rings. The predicted octanol–water partition coefficient (Wildman–Crippen LogP) is 3.30. The van der Waals surface area contributed by atoms with E-state index in [1.165, 1.54) is 0 Å². The Morgan fingerprint density at radius 1 is 1.14 bits per heavy atom. The lowest BCUT2D eigenvalue weighted by Gasteiger charge is -2.14. The van der Waals surface area contributed by atoms with Crippen molar-refractivity contribution in [2.45, 2.75) is 25.9 Å². The van der Waals surface area contributed by atoms with Crippen molar-refractivity contribution in [3.05, 3.63) is 66.5 Å². The van der Waals surface area contributed by atoms with Crippen LogP contribution in [0.2, 0.25) is 0 Å². The number of rotatable bonds is 5. The fourth-order valence-corrected chi connectivity index (χ4v) is 2.55. The second kappa shape index (κ2) is 6.43. The number of para-hydroxylation sites is 2. The van der Waals surface area contributed by atoms with E-state index in [0.717, 1.165) is 16.6 Å². The standard InChI is InChI=1S/C18H19N3O/c1-14(15-7-3-2-4-8-15)20-18(22)11-12-21-13-19-16-9-5-6-10-17(16)21/h2-10,13-14H,11-12H2,1H3,(H,20,22)/t14-/m0/s1. The summed E-state index contributed by atoms with van der Waals surface area (Å²) in [6, 6.07) is 18.0. The number of benzene rings is 2. The van der Waals surface area contributed by atoms with Gasteiger partial charge in [0.1, 0.15) is 0 Å². The Kier molecular flexibility index (Phi) is 4.19. The molecule has 0 saturated carbocycles. The average molecular weight is 293 g/mol. The number of carbonyl (C=O) groups excluding carboxylic acids is 1. The number of aryl methyl sites for hydroxylation is 1. The minimum absolute atomic E-state index is 0.0215. The van der Waals surface area contributed by atoms with Gasteiger partial charge in [-0.3, -0.25) is 4.79 Å². The molecule has 22 heavy (non-hydrogen) atoms. The number of imidazole rings is 1. The fourth-order valence-electron chi connectivity index (χ4n) is 2.55. The van der Waals surface area contributed by atoms with Crippen LogP contribution in [0.1, 0.15) is 24.9 Å². The number of nitrogens with zero attached hydrogens (tertiary/aromatic N) is 2. The first kappa shape index (κ1) is 14.3. The summed E-state index contributed by atoms with van der Waals surface area (Å²) in [4.78, 5) is 16.4. The van der Waals surface area contributed by atoms with Crippen molar-refractivity contribution in [2.75, 3.05) is 0 Å². The van der Waals surface area contributed by atoms with Crippen LogP contribution in [0.15, 0.2) is 60.9 Å². The Balaban J connectivity index is 1.58. The first-order chi connectivity index (χ1) is 10.7. The molecular weight excluding hydrogens is 274 g/mol. The van der Waals surface area contributed by atoms with E-state index in [9.17, 15) is 4.79 Å². The van der Waals surface area contributed by atoms with Crippen LogP contribution < -0.4 is 5.32 Å². The number of amides is 1. The largest absolute Gasteiger partial charge is 0.350 e. The van der Waals surface area contributed by atoms with Crippen LogP contribution in [0.25, 0.3) is 11.0 Å². The molecule has 0 aliphatic heterocycles. The van der Waals surface area contributed by atoms with E-state index in [2.05, 4.69) is 10.3 Å². The molecule has 1 heterocycles. The molecule has 0 radical (unpaired) electrons. The Hall–Kier alpha value is -2.62. The summed E-state index contributed by atoms with van der Waals surface area (Å²) < 4.78 is 2.02. The number of fused-ring (bicyclic) bond motifs is 1. The number of nitrogens with one attached hydrogen (secondary N) is 1. The van der Waals surface area contributed by atoms with Gasteiger partial charge in [-0.2, -0.15) is 0 Å². The highest BCUT2D eigenvalue weighted by Crippen LogP contribution is 2.13. The predicted molar refractivity (Wildman–Crippen MR) is 87.3 cm³/mol. The van der Waals surface area contributed by atoms with Gasteiger partial charge in [0.05, 0.1) is 23.4 Å². The molecule has 112 valence electrons. The number of hydrogen-bond acceptors (Lipinski definition) is 2. The lowest BCUT2D eigenvalue weighted by molar-refractivity contribution is -0.121. The molecule has 0 aliphatic carbocycles. The maximum atomic E-state index is 12.1. The molecule has 1 atom stereocenters. The van der Waals surface area contributed by atoms with Gasteiger partial charge in [-0.15, -0.1) is 0 Å². The molecule has 4 heteroatoms. The third kappa shape index (κ3) is 3.17. The second-order valence-corrected chi connectivity index (χ2v) is 5.38. The van der Waals surface area contributed by atoms with Gasteiger partial charge in [0.25, 0.3) is 0 Å². The molecule has 1 amide bonds. The summed E-state index contributed by atoms with van der Waals surface area (Å²) in [5.41, 5.74) is 3.14. The smallest absolute Gasteiger partial charge is 0.222 e. The quantitative estimate of drug-likeness (QED) is 0.784. The summed E-state index contributed by atoms with van der Waals surface area (Å²) >= 11 is 0. The van der Waals surface area contributed by atoms with Crippen LogP contribution in [0.3, 0.4) is 0 Å². The Morgan fingerprint density at radius 2 is 1.86 bits per heavy atom. The van der Waals surface area contributed by atoms with E-state index < -0.39 is 0 Å². The van der Waals surface area contributed by atoms with E-state index in [1.54, 1.807) is 6.33 Å². The molecule has 1 aromatic heterocycles. The molecule has 3 rings (SSSR count). The van der Waals surface area contributed by atoms with Gasteiger partial charge in [-0.05, 0) is 24.6 Å². The number of hydrogen-bond donors (Lipinski definition) is 1. The molecule has 2 aromatic carbocycles. The topological polar surface area (TPSA) is 46.9 Å². The lowest BCUT2D eigenvalue weighted by atomic mass is 10.1. The maximum absolute atomic E-state index is 12.1. The number of aromatic nitrogens is 2. The first-order valence-electron chi connectivity index (χ1n) is 7.48. The Bertz CT molecular complexity index is 764. The summed E-state index contributed by atoms with van der Waals surface area (Å²) in [5, 5.41) is 3.03. The van der Waals surface area contributed by atoms with Gasteiger partial charge in [0.2, 0.25) is 5.91 Å². The fraction of sp³-hybridized carbons (Fsp3) is 0.222. The molecule has 0 saturated heterocycles. The van der Waals surface area contributed by atoms with Crippen LogP contribution in [0.4, 0.5) is 0 Å². The van der Waals surface area contributed by atoms with Gasteiger partial charge in [-0.25, -0.2) is 4.98 Å². The molecule has 0 unspecified atom stereocenters. The molecule has 0 fully saturated rings. The number of carbonyl (C=O) groups is 1. The SMILES string of the molecule is C[C@H](NC(=O)CCn1cnc2ccccc21)c1ccccc1. The second-order valence-electron chi connectivity index (χ2n) is 5.38. The van der Waals surface area contributed by atoms with Crippen molar-refractivity contribution in [1.29, 1.82) is 0 Å². The van der Waals surface area contributed by atoms with Crippen LogP contribution in [0, 0.1) is 0 Å². The summed E-state index contributed by atoms with van der Waals surface area (Å²) in [6.45, 7) is 2.63. The van der Waals surface area contributed by atoms with E-state index in [4.69, 9.17) is 0 Å². The van der Waals surface area contributed by atoms with Crippen molar-refractivity contribution >= 4 is 16.9 Å². The minimum atomic E-state index is 0.0215. The van der Waals surface area contributed by atoms with Crippen LogP contribution >= 0.6 is 0 Å². The van der Waals surface area contributed by atoms with E-state index >= 15 is 0 Å². The summed E-state index contributed by atoms with van der Waals surface area (Å²) in [6.07, 6.45) is 2.23. The van der Waals surface area contributed by atoms with E-state index in [-0.39, 0.29) is 11.9 Å². The molecule has 0 bridgehead atoms. The molecule has 1 N–H and O–H groups in total. The average Bonchev–Trinajstić information content (AvgIpc) is 2.97. The zero-order valence-corrected chi connectivity index (χ0v) is 12.6. The highest BCUT2D eigenvalue weighted by atomic mass is 16.1. The highest BCUT2D eigenvalue weighted by molar-refractivity contribution is 5.77. The van der Waals surface area contributed by atoms with E-state index in [1.807, 2.05) is 66.1 Å². The Labute approximate surface area is 129 Å². The molecular formula is C18H19N3O. The van der Waals surface area contributed by atoms with Crippen molar-refractivity contribution in [2.24, 2.45) is 0 Å². The molecule has 0 spiro atoms. The van der Waals surface area contributed by atoms with Crippen molar-refractivity contribution < 1.29 is 4.79 Å².